The van der Waals surface area contributed by atoms with Gasteiger partial charge < -0.3 is 5.32 Å². The first-order valence-electron chi connectivity index (χ1n) is 7.11. The molecular formula is C17H17ClN2S. The van der Waals surface area contributed by atoms with E-state index in [1.807, 2.05) is 18.3 Å². The monoisotopic (exact) mass is 316 g/mol. The Balaban J connectivity index is 2.00. The number of halogens is 1. The molecule has 1 atom stereocenters. The van der Waals surface area contributed by atoms with Gasteiger partial charge in [0.2, 0.25) is 0 Å². The maximum absolute atomic E-state index is 6.10. The molecule has 3 aromatic rings. The molecular weight excluding hydrogens is 300 g/mol. The van der Waals surface area contributed by atoms with Crippen molar-refractivity contribution >= 4 is 33.8 Å². The van der Waals surface area contributed by atoms with E-state index >= 15 is 0 Å². The van der Waals surface area contributed by atoms with E-state index in [4.69, 9.17) is 11.6 Å². The summed E-state index contributed by atoms with van der Waals surface area (Å²) >= 11 is 7.73. The van der Waals surface area contributed by atoms with Gasteiger partial charge in [0.15, 0.2) is 0 Å². The molecule has 0 fully saturated rings. The summed E-state index contributed by atoms with van der Waals surface area (Å²) in [6.07, 6.45) is 2.93. The van der Waals surface area contributed by atoms with Crippen molar-refractivity contribution in [3.05, 3.63) is 63.4 Å². The Bertz CT molecular complexity index is 738. The van der Waals surface area contributed by atoms with Gasteiger partial charge in [0, 0.05) is 16.5 Å². The van der Waals surface area contributed by atoms with E-state index in [-0.39, 0.29) is 6.04 Å². The number of fused-ring (bicyclic) bond motifs is 1. The molecule has 21 heavy (non-hydrogen) atoms. The summed E-state index contributed by atoms with van der Waals surface area (Å²) in [6, 6.07) is 14.8. The van der Waals surface area contributed by atoms with E-state index in [9.17, 15) is 0 Å². The van der Waals surface area contributed by atoms with E-state index in [0.29, 0.717) is 0 Å². The maximum Gasteiger partial charge on any atom is 0.0931 e. The molecule has 2 heterocycles. The van der Waals surface area contributed by atoms with Crippen LogP contribution in [-0.4, -0.2) is 11.5 Å². The third-order valence-electron chi connectivity index (χ3n) is 3.44. The lowest BCUT2D eigenvalue weighted by Gasteiger charge is -2.18. The maximum atomic E-state index is 6.10. The van der Waals surface area contributed by atoms with Crippen LogP contribution in [0.15, 0.2) is 48.7 Å². The molecule has 0 saturated carbocycles. The van der Waals surface area contributed by atoms with Crippen LogP contribution in [0.5, 0.6) is 0 Å². The highest BCUT2D eigenvalue weighted by molar-refractivity contribution is 7.16. The normalized spacial score (nSPS) is 12.7. The number of aromatic nitrogens is 1. The lowest BCUT2D eigenvalue weighted by Crippen LogP contribution is -2.22. The second kappa shape index (κ2) is 6.56. The predicted molar refractivity (Wildman–Crippen MR) is 91.2 cm³/mol. The van der Waals surface area contributed by atoms with Crippen molar-refractivity contribution in [2.45, 2.75) is 19.4 Å². The largest absolute Gasteiger partial charge is 0.306 e. The van der Waals surface area contributed by atoms with Gasteiger partial charge in [-0.2, -0.15) is 0 Å². The molecule has 1 aromatic carbocycles. The first-order chi connectivity index (χ1) is 10.3. The first-order valence-corrected chi connectivity index (χ1v) is 8.30. The Morgan fingerprint density at radius 3 is 2.90 bits per heavy atom. The van der Waals surface area contributed by atoms with Crippen molar-refractivity contribution in [3.8, 4) is 0 Å². The summed E-state index contributed by atoms with van der Waals surface area (Å²) in [5.74, 6) is 0. The van der Waals surface area contributed by atoms with E-state index in [1.165, 1.54) is 15.8 Å². The lowest BCUT2D eigenvalue weighted by atomic mass is 10.0. The van der Waals surface area contributed by atoms with Gasteiger partial charge in [-0.25, -0.2) is 0 Å². The number of hydrogen-bond acceptors (Lipinski definition) is 3. The summed E-state index contributed by atoms with van der Waals surface area (Å²) in [5, 5.41) is 4.77. The molecule has 0 bridgehead atoms. The molecule has 2 nitrogen and oxygen atoms in total. The number of nitrogens with zero attached hydrogens (tertiary/aromatic N) is 1. The zero-order valence-electron chi connectivity index (χ0n) is 11.8. The summed E-state index contributed by atoms with van der Waals surface area (Å²) in [4.78, 5) is 5.69. The molecule has 2 aromatic heterocycles. The fourth-order valence-corrected chi connectivity index (χ4v) is 3.58. The smallest absolute Gasteiger partial charge is 0.0931 e. The number of rotatable bonds is 5. The third-order valence-corrected chi connectivity index (χ3v) is 4.74. The Hall–Kier alpha value is -1.42. The predicted octanol–water partition coefficient (Wildman–Crippen LogP) is 5.04. The molecule has 0 saturated heterocycles. The van der Waals surface area contributed by atoms with Gasteiger partial charge in [-0.3, -0.25) is 4.98 Å². The van der Waals surface area contributed by atoms with Crippen LogP contribution in [-0.2, 0) is 0 Å². The van der Waals surface area contributed by atoms with Crippen LogP contribution < -0.4 is 5.32 Å². The van der Waals surface area contributed by atoms with Crippen molar-refractivity contribution in [1.29, 1.82) is 0 Å². The van der Waals surface area contributed by atoms with Crippen molar-refractivity contribution in [2.75, 3.05) is 6.54 Å². The number of thiophene rings is 1. The number of hydrogen-bond donors (Lipinski definition) is 1. The van der Waals surface area contributed by atoms with Crippen molar-refractivity contribution in [1.82, 2.24) is 10.3 Å². The zero-order chi connectivity index (χ0) is 14.7. The molecule has 108 valence electrons. The van der Waals surface area contributed by atoms with E-state index < -0.39 is 0 Å². The Morgan fingerprint density at radius 1 is 1.24 bits per heavy atom. The SMILES string of the molecule is CCCNC(c1ccc2cccnc2c1)c1ccc(Cl)s1. The minimum absolute atomic E-state index is 0.175. The van der Waals surface area contributed by atoms with E-state index in [2.05, 4.69) is 47.6 Å². The lowest BCUT2D eigenvalue weighted by molar-refractivity contribution is 0.606. The number of benzene rings is 1. The van der Waals surface area contributed by atoms with Crippen LogP contribution in [0.3, 0.4) is 0 Å². The van der Waals surface area contributed by atoms with Crippen LogP contribution >= 0.6 is 22.9 Å². The molecule has 0 aliphatic heterocycles. The standard InChI is InChI=1S/C17H17ClN2S/c1-2-9-20-17(15-7-8-16(18)21-15)13-6-5-12-4-3-10-19-14(12)11-13/h3-8,10-11,17,20H,2,9H2,1H3. The highest BCUT2D eigenvalue weighted by Crippen LogP contribution is 2.32. The van der Waals surface area contributed by atoms with Crippen LogP contribution in [0.2, 0.25) is 4.34 Å². The number of pyridine rings is 1. The quantitative estimate of drug-likeness (QED) is 0.713. The van der Waals surface area contributed by atoms with Gasteiger partial charge in [-0.05, 0) is 42.8 Å². The number of nitrogens with one attached hydrogen (secondary N) is 1. The minimum atomic E-state index is 0.175. The highest BCUT2D eigenvalue weighted by Gasteiger charge is 2.16. The molecule has 0 radical (unpaired) electrons. The van der Waals surface area contributed by atoms with Gasteiger partial charge >= 0.3 is 0 Å². The molecule has 0 aliphatic rings. The second-order valence-corrected chi connectivity index (χ2v) is 6.73. The third kappa shape index (κ3) is 3.26. The summed E-state index contributed by atoms with van der Waals surface area (Å²) in [7, 11) is 0. The van der Waals surface area contributed by atoms with Gasteiger partial charge in [-0.1, -0.05) is 36.7 Å². The first kappa shape index (κ1) is 14.5. The average molecular weight is 317 g/mol. The second-order valence-electron chi connectivity index (χ2n) is 4.98. The zero-order valence-corrected chi connectivity index (χ0v) is 13.4. The van der Waals surface area contributed by atoms with Gasteiger partial charge in [0.1, 0.15) is 0 Å². The van der Waals surface area contributed by atoms with Gasteiger partial charge in [0.05, 0.1) is 15.9 Å². The van der Waals surface area contributed by atoms with E-state index in [0.717, 1.165) is 22.8 Å². The molecule has 0 aliphatic carbocycles. The van der Waals surface area contributed by atoms with Crippen LogP contribution in [0.1, 0.15) is 29.8 Å². The fourth-order valence-electron chi connectivity index (χ4n) is 2.42. The molecule has 1 unspecified atom stereocenters. The van der Waals surface area contributed by atoms with Crippen molar-refractivity contribution < 1.29 is 0 Å². The van der Waals surface area contributed by atoms with Crippen LogP contribution in [0, 0.1) is 0 Å². The Labute approximate surface area is 133 Å². The van der Waals surface area contributed by atoms with Crippen molar-refractivity contribution in [3.63, 3.8) is 0 Å². The van der Waals surface area contributed by atoms with E-state index in [1.54, 1.807) is 11.3 Å². The van der Waals surface area contributed by atoms with Crippen LogP contribution in [0.4, 0.5) is 0 Å². The topological polar surface area (TPSA) is 24.9 Å². The Kier molecular flexibility index (Phi) is 4.54. The Morgan fingerprint density at radius 2 is 2.14 bits per heavy atom. The summed E-state index contributed by atoms with van der Waals surface area (Å²) in [6.45, 7) is 3.15. The molecule has 4 heteroatoms. The molecule has 1 N–H and O–H groups in total. The highest BCUT2D eigenvalue weighted by atomic mass is 35.5. The minimum Gasteiger partial charge on any atom is -0.306 e. The molecule has 0 spiro atoms. The fraction of sp³-hybridized carbons (Fsp3) is 0.235. The summed E-state index contributed by atoms with van der Waals surface area (Å²) < 4.78 is 0.826. The summed E-state index contributed by atoms with van der Waals surface area (Å²) in [5.41, 5.74) is 2.26. The van der Waals surface area contributed by atoms with Crippen molar-refractivity contribution in [2.24, 2.45) is 0 Å². The average Bonchev–Trinajstić information content (AvgIpc) is 2.94. The van der Waals surface area contributed by atoms with Crippen LogP contribution in [0.25, 0.3) is 10.9 Å². The van der Waals surface area contributed by atoms with Gasteiger partial charge in [0.25, 0.3) is 0 Å². The molecule has 0 amide bonds. The van der Waals surface area contributed by atoms with Gasteiger partial charge in [-0.15, -0.1) is 11.3 Å². The molecule has 3 rings (SSSR count).